The van der Waals surface area contributed by atoms with E-state index in [-0.39, 0.29) is 6.04 Å². The lowest BCUT2D eigenvalue weighted by Crippen LogP contribution is -2.42. The van der Waals surface area contributed by atoms with Gasteiger partial charge in [0.05, 0.1) is 20.3 Å². The van der Waals surface area contributed by atoms with Gasteiger partial charge in [-0.15, -0.1) is 0 Å². The van der Waals surface area contributed by atoms with Crippen molar-refractivity contribution in [3.8, 4) is 5.75 Å². The SMILES string of the molecule is COc1ccc2nc(CC3COCCN3)oc2c1. The van der Waals surface area contributed by atoms with Gasteiger partial charge in [0.1, 0.15) is 11.3 Å². The molecule has 1 unspecified atom stereocenters. The molecule has 1 aliphatic rings. The zero-order valence-corrected chi connectivity index (χ0v) is 10.3. The Kier molecular flexibility index (Phi) is 3.17. The van der Waals surface area contributed by atoms with E-state index in [0.717, 1.165) is 42.3 Å². The van der Waals surface area contributed by atoms with Gasteiger partial charge in [-0.1, -0.05) is 0 Å². The van der Waals surface area contributed by atoms with Gasteiger partial charge in [0.25, 0.3) is 0 Å². The molecule has 0 aliphatic carbocycles. The number of fused-ring (bicyclic) bond motifs is 1. The van der Waals surface area contributed by atoms with Gasteiger partial charge in [-0.3, -0.25) is 0 Å². The molecular weight excluding hydrogens is 232 g/mol. The minimum absolute atomic E-state index is 0.286. The van der Waals surface area contributed by atoms with Gasteiger partial charge < -0.3 is 19.2 Å². The van der Waals surface area contributed by atoms with Crippen molar-refractivity contribution in [2.24, 2.45) is 0 Å². The monoisotopic (exact) mass is 248 g/mol. The Hall–Kier alpha value is -1.59. The normalized spacial score (nSPS) is 20.2. The molecule has 1 atom stereocenters. The highest BCUT2D eigenvalue weighted by atomic mass is 16.5. The highest BCUT2D eigenvalue weighted by molar-refractivity contribution is 5.74. The third-order valence-corrected chi connectivity index (χ3v) is 3.06. The molecule has 0 amide bonds. The van der Waals surface area contributed by atoms with Gasteiger partial charge in [0.2, 0.25) is 0 Å². The van der Waals surface area contributed by atoms with E-state index >= 15 is 0 Å². The van der Waals surface area contributed by atoms with Crippen LogP contribution in [0, 0.1) is 0 Å². The van der Waals surface area contributed by atoms with Gasteiger partial charge in [-0.2, -0.15) is 0 Å². The van der Waals surface area contributed by atoms with Gasteiger partial charge in [-0.05, 0) is 12.1 Å². The number of nitrogens with one attached hydrogen (secondary N) is 1. The molecule has 2 heterocycles. The average molecular weight is 248 g/mol. The maximum Gasteiger partial charge on any atom is 0.197 e. The molecule has 2 aromatic rings. The molecule has 3 rings (SSSR count). The Balaban J connectivity index is 1.79. The van der Waals surface area contributed by atoms with Crippen molar-refractivity contribution in [1.82, 2.24) is 10.3 Å². The number of methoxy groups -OCH3 is 1. The minimum Gasteiger partial charge on any atom is -0.497 e. The Morgan fingerprint density at radius 2 is 2.44 bits per heavy atom. The van der Waals surface area contributed by atoms with E-state index < -0.39 is 0 Å². The van der Waals surface area contributed by atoms with E-state index in [2.05, 4.69) is 10.3 Å². The van der Waals surface area contributed by atoms with Crippen LogP contribution in [-0.4, -0.2) is 37.9 Å². The van der Waals surface area contributed by atoms with E-state index in [0.29, 0.717) is 6.61 Å². The standard InChI is InChI=1S/C13H16N2O3/c1-16-10-2-3-11-12(7-10)18-13(15-11)6-9-8-17-5-4-14-9/h2-3,7,9,14H,4-6,8H2,1H3. The summed E-state index contributed by atoms with van der Waals surface area (Å²) in [5.41, 5.74) is 1.63. The van der Waals surface area contributed by atoms with E-state index in [1.807, 2.05) is 18.2 Å². The highest BCUT2D eigenvalue weighted by Crippen LogP contribution is 2.22. The molecule has 5 nitrogen and oxygen atoms in total. The van der Waals surface area contributed by atoms with Crippen molar-refractivity contribution in [2.75, 3.05) is 26.9 Å². The summed E-state index contributed by atoms with van der Waals surface area (Å²) in [5.74, 6) is 1.52. The fraction of sp³-hybridized carbons (Fsp3) is 0.462. The van der Waals surface area contributed by atoms with Gasteiger partial charge in [0, 0.05) is 25.1 Å². The second-order valence-corrected chi connectivity index (χ2v) is 4.37. The van der Waals surface area contributed by atoms with Gasteiger partial charge in [-0.25, -0.2) is 4.98 Å². The predicted molar refractivity (Wildman–Crippen MR) is 66.9 cm³/mol. The van der Waals surface area contributed by atoms with E-state index in [9.17, 15) is 0 Å². The van der Waals surface area contributed by atoms with Crippen LogP contribution in [-0.2, 0) is 11.2 Å². The van der Waals surface area contributed by atoms with Crippen LogP contribution in [0.15, 0.2) is 22.6 Å². The Morgan fingerprint density at radius 3 is 3.22 bits per heavy atom. The van der Waals surface area contributed by atoms with Gasteiger partial charge in [0.15, 0.2) is 11.5 Å². The fourth-order valence-electron chi connectivity index (χ4n) is 2.13. The molecule has 18 heavy (non-hydrogen) atoms. The summed E-state index contributed by atoms with van der Waals surface area (Å²) in [6.07, 6.45) is 0.747. The van der Waals surface area contributed by atoms with E-state index in [1.165, 1.54) is 0 Å². The topological polar surface area (TPSA) is 56.5 Å². The first-order chi connectivity index (χ1) is 8.85. The molecule has 0 bridgehead atoms. The Morgan fingerprint density at radius 1 is 1.50 bits per heavy atom. The predicted octanol–water partition coefficient (Wildman–Crippen LogP) is 1.37. The van der Waals surface area contributed by atoms with Crippen molar-refractivity contribution < 1.29 is 13.9 Å². The van der Waals surface area contributed by atoms with Crippen LogP contribution in [0.2, 0.25) is 0 Å². The molecule has 1 aliphatic heterocycles. The maximum absolute atomic E-state index is 5.73. The van der Waals surface area contributed by atoms with Crippen molar-refractivity contribution in [3.63, 3.8) is 0 Å². The minimum atomic E-state index is 0.286. The largest absolute Gasteiger partial charge is 0.497 e. The second-order valence-electron chi connectivity index (χ2n) is 4.37. The number of aromatic nitrogens is 1. The van der Waals surface area contributed by atoms with Crippen LogP contribution < -0.4 is 10.1 Å². The van der Waals surface area contributed by atoms with Crippen molar-refractivity contribution >= 4 is 11.1 Å². The number of ether oxygens (including phenoxy) is 2. The highest BCUT2D eigenvalue weighted by Gasteiger charge is 2.17. The van der Waals surface area contributed by atoms with Crippen LogP contribution in [0.5, 0.6) is 5.75 Å². The second kappa shape index (κ2) is 4.96. The molecule has 1 aromatic carbocycles. The number of benzene rings is 1. The smallest absolute Gasteiger partial charge is 0.197 e. The summed E-state index contributed by atoms with van der Waals surface area (Å²) in [6, 6.07) is 5.94. The van der Waals surface area contributed by atoms with Crippen molar-refractivity contribution in [2.45, 2.75) is 12.5 Å². The van der Waals surface area contributed by atoms with Gasteiger partial charge >= 0.3 is 0 Å². The number of rotatable bonds is 3. The number of nitrogens with zero attached hydrogens (tertiary/aromatic N) is 1. The molecule has 0 saturated carbocycles. The molecule has 0 spiro atoms. The molecule has 1 N–H and O–H groups in total. The molecule has 96 valence electrons. The summed E-state index contributed by atoms with van der Waals surface area (Å²) >= 11 is 0. The van der Waals surface area contributed by atoms with Crippen LogP contribution >= 0.6 is 0 Å². The van der Waals surface area contributed by atoms with Crippen molar-refractivity contribution in [1.29, 1.82) is 0 Å². The average Bonchev–Trinajstić information content (AvgIpc) is 2.80. The lowest BCUT2D eigenvalue weighted by molar-refractivity contribution is 0.0751. The molecule has 5 heteroatoms. The first-order valence-corrected chi connectivity index (χ1v) is 6.10. The van der Waals surface area contributed by atoms with Crippen LogP contribution in [0.1, 0.15) is 5.89 Å². The summed E-state index contributed by atoms with van der Waals surface area (Å²) in [5, 5.41) is 3.38. The van der Waals surface area contributed by atoms with Crippen LogP contribution in [0.25, 0.3) is 11.1 Å². The fourth-order valence-corrected chi connectivity index (χ4v) is 2.13. The zero-order chi connectivity index (χ0) is 12.4. The lowest BCUT2D eigenvalue weighted by Gasteiger charge is -2.22. The van der Waals surface area contributed by atoms with Crippen LogP contribution in [0.4, 0.5) is 0 Å². The molecule has 1 fully saturated rings. The van der Waals surface area contributed by atoms with E-state index in [1.54, 1.807) is 7.11 Å². The molecule has 0 radical (unpaired) electrons. The number of hydrogen-bond acceptors (Lipinski definition) is 5. The summed E-state index contributed by atoms with van der Waals surface area (Å²) in [6.45, 7) is 2.38. The summed E-state index contributed by atoms with van der Waals surface area (Å²) in [4.78, 5) is 4.46. The lowest BCUT2D eigenvalue weighted by atomic mass is 10.2. The molecule has 1 aromatic heterocycles. The molecule has 1 saturated heterocycles. The zero-order valence-electron chi connectivity index (χ0n) is 10.3. The first kappa shape index (κ1) is 11.5. The number of morpholine rings is 1. The van der Waals surface area contributed by atoms with Crippen molar-refractivity contribution in [3.05, 3.63) is 24.1 Å². The number of oxazole rings is 1. The van der Waals surface area contributed by atoms with E-state index in [4.69, 9.17) is 13.9 Å². The first-order valence-electron chi connectivity index (χ1n) is 6.10. The number of hydrogen-bond donors (Lipinski definition) is 1. The third kappa shape index (κ3) is 2.32. The quantitative estimate of drug-likeness (QED) is 0.889. The Bertz CT molecular complexity index is 532. The summed E-state index contributed by atoms with van der Waals surface area (Å²) < 4.78 is 16.3. The third-order valence-electron chi connectivity index (χ3n) is 3.06. The summed E-state index contributed by atoms with van der Waals surface area (Å²) in [7, 11) is 1.64. The van der Waals surface area contributed by atoms with Crippen LogP contribution in [0.3, 0.4) is 0 Å². The molecular formula is C13H16N2O3. The maximum atomic E-state index is 5.73. The Labute approximate surface area is 105 Å².